The van der Waals surface area contributed by atoms with Gasteiger partial charge in [0.2, 0.25) is 0 Å². The van der Waals surface area contributed by atoms with E-state index in [1.54, 1.807) is 13.1 Å². The molecule has 1 aromatic heterocycles. The number of sulfone groups is 1. The Balaban J connectivity index is 2.52. The Kier molecular flexibility index (Phi) is 5.14. The second-order valence-corrected chi connectivity index (χ2v) is 6.57. The molecule has 0 bridgehead atoms. The summed E-state index contributed by atoms with van der Waals surface area (Å²) in [6.07, 6.45) is 3.23. The van der Waals surface area contributed by atoms with Gasteiger partial charge in [-0.05, 0) is 26.0 Å². The molecule has 0 amide bonds. The van der Waals surface area contributed by atoms with Gasteiger partial charge in [0.1, 0.15) is 9.84 Å². The van der Waals surface area contributed by atoms with E-state index in [-0.39, 0.29) is 17.5 Å². The fourth-order valence-corrected chi connectivity index (χ4v) is 2.71. The lowest BCUT2D eigenvalue weighted by molar-refractivity contribution is 0.498. The minimum atomic E-state index is -2.85. The van der Waals surface area contributed by atoms with E-state index in [0.717, 1.165) is 12.1 Å². The highest BCUT2D eigenvalue weighted by atomic mass is 32.2. The SMILES string of the molecule is CCS(=O)(=O)CCCC(NC)c1ccnn1C. The third-order valence-corrected chi connectivity index (χ3v) is 4.74. The van der Waals surface area contributed by atoms with E-state index in [1.165, 1.54) is 0 Å². The number of aromatic nitrogens is 2. The van der Waals surface area contributed by atoms with Gasteiger partial charge in [0, 0.05) is 25.0 Å². The summed E-state index contributed by atoms with van der Waals surface area (Å²) >= 11 is 0. The summed E-state index contributed by atoms with van der Waals surface area (Å²) < 4.78 is 24.6. The number of aryl methyl sites for hydroxylation is 1. The van der Waals surface area contributed by atoms with Crippen LogP contribution >= 0.6 is 0 Å². The molecule has 0 fully saturated rings. The molecule has 0 aliphatic heterocycles. The minimum absolute atomic E-state index is 0.162. The first-order valence-corrected chi connectivity index (χ1v) is 7.68. The lowest BCUT2D eigenvalue weighted by Gasteiger charge is -2.16. The average molecular weight is 259 g/mol. The molecule has 5 nitrogen and oxygen atoms in total. The molecule has 1 rings (SSSR count). The third-order valence-electron chi connectivity index (χ3n) is 2.95. The monoisotopic (exact) mass is 259 g/mol. The Bertz CT molecular complexity index is 439. The largest absolute Gasteiger partial charge is 0.312 e. The van der Waals surface area contributed by atoms with E-state index in [1.807, 2.05) is 24.8 Å². The van der Waals surface area contributed by atoms with Crippen LogP contribution in [0, 0.1) is 0 Å². The van der Waals surface area contributed by atoms with Gasteiger partial charge in [-0.25, -0.2) is 8.42 Å². The second kappa shape index (κ2) is 6.16. The number of nitrogens with one attached hydrogen (secondary N) is 1. The van der Waals surface area contributed by atoms with Crippen LogP contribution in [0.4, 0.5) is 0 Å². The van der Waals surface area contributed by atoms with Gasteiger partial charge in [0.25, 0.3) is 0 Å². The van der Waals surface area contributed by atoms with Crippen molar-refractivity contribution >= 4 is 9.84 Å². The van der Waals surface area contributed by atoms with Crippen molar-refractivity contribution in [2.24, 2.45) is 7.05 Å². The average Bonchev–Trinajstić information content (AvgIpc) is 2.71. The molecule has 1 atom stereocenters. The van der Waals surface area contributed by atoms with Gasteiger partial charge in [-0.2, -0.15) is 5.10 Å². The van der Waals surface area contributed by atoms with Crippen LogP contribution in [-0.2, 0) is 16.9 Å². The van der Waals surface area contributed by atoms with Crippen molar-refractivity contribution in [3.8, 4) is 0 Å². The van der Waals surface area contributed by atoms with Gasteiger partial charge < -0.3 is 5.32 Å². The molecule has 0 aromatic carbocycles. The maximum Gasteiger partial charge on any atom is 0.150 e. The van der Waals surface area contributed by atoms with E-state index >= 15 is 0 Å². The Labute approximate surface area is 103 Å². The van der Waals surface area contributed by atoms with Crippen LogP contribution < -0.4 is 5.32 Å². The molecular weight excluding hydrogens is 238 g/mol. The van der Waals surface area contributed by atoms with E-state index in [9.17, 15) is 8.42 Å². The molecule has 0 aliphatic rings. The van der Waals surface area contributed by atoms with Crippen molar-refractivity contribution < 1.29 is 8.42 Å². The normalized spacial score (nSPS) is 13.8. The lowest BCUT2D eigenvalue weighted by Crippen LogP contribution is -2.20. The third kappa shape index (κ3) is 4.12. The molecule has 1 heterocycles. The fraction of sp³-hybridized carbons (Fsp3) is 0.727. The zero-order chi connectivity index (χ0) is 12.9. The molecule has 1 aromatic rings. The van der Waals surface area contributed by atoms with E-state index in [0.29, 0.717) is 6.42 Å². The summed E-state index contributed by atoms with van der Waals surface area (Å²) in [4.78, 5) is 0. The van der Waals surface area contributed by atoms with E-state index in [4.69, 9.17) is 0 Å². The molecule has 0 spiro atoms. The molecule has 6 heteroatoms. The highest BCUT2D eigenvalue weighted by Gasteiger charge is 2.14. The van der Waals surface area contributed by atoms with E-state index in [2.05, 4.69) is 10.4 Å². The van der Waals surface area contributed by atoms with Gasteiger partial charge in [0.15, 0.2) is 0 Å². The van der Waals surface area contributed by atoms with Gasteiger partial charge >= 0.3 is 0 Å². The zero-order valence-corrected chi connectivity index (χ0v) is 11.5. The summed E-state index contributed by atoms with van der Waals surface area (Å²) in [6, 6.07) is 2.12. The van der Waals surface area contributed by atoms with Gasteiger partial charge in [0.05, 0.1) is 11.4 Å². The molecule has 0 saturated carbocycles. The molecule has 0 radical (unpaired) electrons. The Morgan fingerprint density at radius 2 is 2.24 bits per heavy atom. The number of nitrogens with zero attached hydrogens (tertiary/aromatic N) is 2. The first kappa shape index (κ1) is 14.2. The van der Waals surface area contributed by atoms with Crippen molar-refractivity contribution in [2.75, 3.05) is 18.6 Å². The first-order valence-electron chi connectivity index (χ1n) is 5.85. The molecule has 17 heavy (non-hydrogen) atoms. The topological polar surface area (TPSA) is 64.0 Å². The van der Waals surface area contributed by atoms with Crippen LogP contribution in [0.25, 0.3) is 0 Å². The van der Waals surface area contributed by atoms with Gasteiger partial charge in [-0.1, -0.05) is 6.92 Å². The molecule has 0 saturated heterocycles. The van der Waals surface area contributed by atoms with Crippen molar-refractivity contribution in [1.29, 1.82) is 0 Å². The maximum absolute atomic E-state index is 11.4. The zero-order valence-electron chi connectivity index (χ0n) is 10.7. The Hall–Kier alpha value is -0.880. The molecule has 1 N–H and O–H groups in total. The Morgan fingerprint density at radius 1 is 1.53 bits per heavy atom. The van der Waals surface area contributed by atoms with Crippen molar-refractivity contribution in [3.05, 3.63) is 18.0 Å². The van der Waals surface area contributed by atoms with Crippen LogP contribution in [0.5, 0.6) is 0 Å². The predicted molar refractivity (Wildman–Crippen MR) is 68.6 cm³/mol. The predicted octanol–water partition coefficient (Wildman–Crippen LogP) is 0.895. The summed E-state index contributed by atoms with van der Waals surface area (Å²) in [6.45, 7) is 1.69. The fourth-order valence-electron chi connectivity index (χ4n) is 1.82. The molecular formula is C11H21N3O2S. The van der Waals surface area contributed by atoms with Crippen LogP contribution in [0.3, 0.4) is 0 Å². The molecule has 0 aliphatic carbocycles. The van der Waals surface area contributed by atoms with E-state index < -0.39 is 9.84 Å². The minimum Gasteiger partial charge on any atom is -0.312 e. The maximum atomic E-state index is 11.4. The van der Waals surface area contributed by atoms with Gasteiger partial charge in [-0.15, -0.1) is 0 Å². The standard InChI is InChI=1S/C11H21N3O2S/c1-4-17(15,16)9-5-6-10(12-2)11-7-8-13-14(11)3/h7-8,10,12H,4-6,9H2,1-3H3. The quantitative estimate of drug-likeness (QED) is 0.790. The summed E-state index contributed by atoms with van der Waals surface area (Å²) in [7, 11) is 0.920. The number of hydrogen-bond donors (Lipinski definition) is 1. The summed E-state index contributed by atoms with van der Waals surface area (Å²) in [5, 5.41) is 7.31. The Morgan fingerprint density at radius 3 is 2.71 bits per heavy atom. The molecule has 1 unspecified atom stereocenters. The lowest BCUT2D eigenvalue weighted by atomic mass is 10.1. The number of hydrogen-bond acceptors (Lipinski definition) is 4. The summed E-state index contributed by atoms with van der Waals surface area (Å²) in [5.41, 5.74) is 1.08. The highest BCUT2D eigenvalue weighted by molar-refractivity contribution is 7.91. The van der Waals surface area contributed by atoms with Crippen molar-refractivity contribution in [3.63, 3.8) is 0 Å². The van der Waals surface area contributed by atoms with Crippen LogP contribution in [-0.4, -0.2) is 36.8 Å². The summed E-state index contributed by atoms with van der Waals surface area (Å²) in [5.74, 6) is 0.489. The van der Waals surface area contributed by atoms with Gasteiger partial charge in [-0.3, -0.25) is 4.68 Å². The van der Waals surface area contributed by atoms with Crippen molar-refractivity contribution in [1.82, 2.24) is 15.1 Å². The highest BCUT2D eigenvalue weighted by Crippen LogP contribution is 2.17. The first-order chi connectivity index (χ1) is 8.00. The van der Waals surface area contributed by atoms with Crippen LogP contribution in [0.1, 0.15) is 31.5 Å². The molecule has 98 valence electrons. The second-order valence-electron chi connectivity index (χ2n) is 4.10. The van der Waals surface area contributed by atoms with Crippen LogP contribution in [0.15, 0.2) is 12.3 Å². The van der Waals surface area contributed by atoms with Crippen molar-refractivity contribution in [2.45, 2.75) is 25.8 Å². The van der Waals surface area contributed by atoms with Crippen LogP contribution in [0.2, 0.25) is 0 Å². The smallest absolute Gasteiger partial charge is 0.150 e. The number of rotatable bonds is 7.